The van der Waals surface area contributed by atoms with Crippen molar-refractivity contribution in [1.82, 2.24) is 0 Å². The minimum Gasteiger partial charge on any atom is -0.854 e. The van der Waals surface area contributed by atoms with Gasteiger partial charge < -0.3 is 15.3 Å². The third-order valence-electron chi connectivity index (χ3n) is 0.612. The maximum Gasteiger partial charge on any atom is 3.00 e. The Kier molecular flexibility index (Phi) is 70.2. The van der Waals surface area contributed by atoms with Gasteiger partial charge in [0.2, 0.25) is 0 Å². The van der Waals surface area contributed by atoms with Crippen LogP contribution in [0.5, 0.6) is 0 Å². The fourth-order valence-electron chi connectivity index (χ4n) is 0. The summed E-state index contributed by atoms with van der Waals surface area (Å²) in [5.74, 6) is 0. The molecule has 79 valence electrons. The first-order valence-corrected chi connectivity index (χ1v) is 4.49. The van der Waals surface area contributed by atoms with Crippen LogP contribution >= 0.6 is 0 Å². The monoisotopic (exact) mass is 225 g/mol. The van der Waals surface area contributed by atoms with Gasteiger partial charge in [-0.25, -0.2) is 0 Å². The van der Waals surface area contributed by atoms with Crippen LogP contribution in [0.2, 0.25) is 0 Å². The van der Waals surface area contributed by atoms with Crippen molar-refractivity contribution in [3.05, 3.63) is 0 Å². The van der Waals surface area contributed by atoms with Crippen LogP contribution in [0.25, 0.3) is 0 Å². The van der Waals surface area contributed by atoms with Crippen molar-refractivity contribution >= 4 is 0 Å². The van der Waals surface area contributed by atoms with Gasteiger partial charge in [-0.05, 0) is 0 Å². The molecule has 0 aromatic rings. The van der Waals surface area contributed by atoms with Gasteiger partial charge in [0.25, 0.3) is 0 Å². The number of hydrogen-bond acceptors (Lipinski definition) is 3. The van der Waals surface area contributed by atoms with E-state index in [1.165, 1.54) is 0 Å². The zero-order valence-electron chi connectivity index (χ0n) is 8.97. The molecule has 4 heteroatoms. The minimum atomic E-state index is 0. The summed E-state index contributed by atoms with van der Waals surface area (Å²) in [6, 6.07) is 0. The van der Waals surface area contributed by atoms with Crippen molar-refractivity contribution < 1.29 is 37.0 Å². The molecule has 1 radical (unpaired) electrons. The van der Waals surface area contributed by atoms with Gasteiger partial charge in [0.1, 0.15) is 0 Å². The molecule has 3 nitrogen and oxygen atoms in total. The Hall–Kier alpha value is 0.594. The van der Waals surface area contributed by atoms with Crippen LogP contribution < -0.4 is 15.3 Å². The fourth-order valence-corrected chi connectivity index (χ4v) is 0. The van der Waals surface area contributed by atoms with E-state index in [1.807, 2.05) is 20.8 Å². The molecule has 0 heterocycles. The molecule has 0 amide bonds. The van der Waals surface area contributed by atoms with Crippen LogP contribution in [0, 0.1) is 0 Å². The average Bonchev–Trinajstić information content (AvgIpc) is 2.18. The molecule has 0 fully saturated rings. The van der Waals surface area contributed by atoms with Crippen LogP contribution in [0.1, 0.15) is 40.0 Å². The first-order valence-electron chi connectivity index (χ1n) is 4.49. The maximum absolute atomic E-state index is 9.30. The van der Waals surface area contributed by atoms with Crippen molar-refractivity contribution in [2.75, 3.05) is 19.8 Å². The largest absolute Gasteiger partial charge is 3.00 e. The van der Waals surface area contributed by atoms with E-state index in [-0.39, 0.29) is 41.5 Å². The summed E-state index contributed by atoms with van der Waals surface area (Å²) in [6.45, 7) is 5.81. The second kappa shape index (κ2) is 38.9. The van der Waals surface area contributed by atoms with Gasteiger partial charge in [-0.2, -0.15) is 0 Å². The summed E-state index contributed by atoms with van der Waals surface area (Å²) in [7, 11) is 0. The molecule has 0 N–H and O–H groups in total. The molecule has 0 saturated carbocycles. The summed E-state index contributed by atoms with van der Waals surface area (Å²) in [6.07, 6.45) is 2.29. The van der Waals surface area contributed by atoms with Gasteiger partial charge in [-0.3, -0.25) is 0 Å². The van der Waals surface area contributed by atoms with E-state index in [9.17, 15) is 15.3 Å². The smallest absolute Gasteiger partial charge is 0.854 e. The Labute approximate surface area is 97.1 Å². The summed E-state index contributed by atoms with van der Waals surface area (Å²) in [5.41, 5.74) is 0. The summed E-state index contributed by atoms with van der Waals surface area (Å²) in [4.78, 5) is 0. The first kappa shape index (κ1) is 23.4. The summed E-state index contributed by atoms with van der Waals surface area (Å²) >= 11 is 0. The van der Waals surface area contributed by atoms with Crippen molar-refractivity contribution in [2.45, 2.75) is 40.0 Å². The Morgan fingerprint density at radius 1 is 0.615 bits per heavy atom. The summed E-state index contributed by atoms with van der Waals surface area (Å²) in [5, 5.41) is 27.9. The van der Waals surface area contributed by atoms with E-state index >= 15 is 0 Å². The zero-order chi connectivity index (χ0) is 10.2. The van der Waals surface area contributed by atoms with Crippen LogP contribution in [-0.4, -0.2) is 19.8 Å². The predicted octanol–water partition coefficient (Wildman–Crippen LogP) is -0.732. The van der Waals surface area contributed by atoms with E-state index in [0.717, 1.165) is 19.3 Å². The average molecular weight is 225 g/mol. The van der Waals surface area contributed by atoms with Crippen LogP contribution in [0.3, 0.4) is 0 Å². The van der Waals surface area contributed by atoms with E-state index in [0.29, 0.717) is 0 Å². The quantitative estimate of drug-likeness (QED) is 0.594. The molecule has 0 bridgehead atoms. The first-order chi connectivity index (χ1) is 5.74. The third-order valence-corrected chi connectivity index (χ3v) is 0.612. The van der Waals surface area contributed by atoms with Gasteiger partial charge in [0, 0.05) is 0 Å². The van der Waals surface area contributed by atoms with Crippen molar-refractivity contribution in [1.29, 1.82) is 0 Å². The SMILES string of the molecule is CCC[O-].CCC[O-].CCC[O-].[Ti+3]. The Balaban J connectivity index is -0.0000000450. The van der Waals surface area contributed by atoms with Gasteiger partial charge in [0.05, 0.1) is 0 Å². The molecule has 0 aliphatic rings. The van der Waals surface area contributed by atoms with E-state index in [4.69, 9.17) is 0 Å². The molecule has 0 aliphatic carbocycles. The second-order valence-electron chi connectivity index (χ2n) is 2.11. The Morgan fingerprint density at radius 2 is 0.692 bits per heavy atom. The van der Waals surface area contributed by atoms with E-state index in [2.05, 4.69) is 0 Å². The van der Waals surface area contributed by atoms with Crippen LogP contribution in [-0.2, 0) is 21.7 Å². The van der Waals surface area contributed by atoms with Gasteiger partial charge in [-0.15, -0.1) is 19.8 Å². The van der Waals surface area contributed by atoms with Crippen molar-refractivity contribution in [3.63, 3.8) is 0 Å². The fraction of sp³-hybridized carbons (Fsp3) is 1.00. The van der Waals surface area contributed by atoms with Crippen LogP contribution in [0.4, 0.5) is 0 Å². The molecule has 0 atom stereocenters. The normalized spacial score (nSPS) is 6.92. The standard InChI is InChI=1S/3C3H7O.Ti/c3*1-2-3-4;/h3*2-3H2,1H3;/q3*-1;+3. The molecule has 0 aromatic carbocycles. The van der Waals surface area contributed by atoms with Gasteiger partial charge in [0.15, 0.2) is 0 Å². The minimum absolute atomic E-state index is 0. The third kappa shape index (κ3) is 109. The van der Waals surface area contributed by atoms with Gasteiger partial charge >= 0.3 is 21.7 Å². The second-order valence-corrected chi connectivity index (χ2v) is 2.11. The summed E-state index contributed by atoms with van der Waals surface area (Å²) < 4.78 is 0. The Bertz CT molecular complexity index is 30.3. The van der Waals surface area contributed by atoms with Crippen LogP contribution in [0.15, 0.2) is 0 Å². The number of hydrogen-bond donors (Lipinski definition) is 0. The topological polar surface area (TPSA) is 69.2 Å². The van der Waals surface area contributed by atoms with E-state index < -0.39 is 0 Å². The molecule has 0 unspecified atom stereocenters. The molecule has 0 aromatic heterocycles. The molecule has 0 rings (SSSR count). The molecular formula is C9H21O3Ti. The molecule has 13 heavy (non-hydrogen) atoms. The van der Waals surface area contributed by atoms with Gasteiger partial charge in [-0.1, -0.05) is 40.0 Å². The maximum atomic E-state index is 9.30. The van der Waals surface area contributed by atoms with Crippen molar-refractivity contribution in [3.8, 4) is 0 Å². The van der Waals surface area contributed by atoms with Crippen molar-refractivity contribution in [2.24, 2.45) is 0 Å². The predicted molar refractivity (Wildman–Crippen MR) is 45.5 cm³/mol. The molecule has 0 saturated heterocycles. The number of rotatable bonds is 3. The molecule has 0 spiro atoms. The zero-order valence-corrected chi connectivity index (χ0v) is 10.5. The van der Waals surface area contributed by atoms with E-state index in [1.54, 1.807) is 0 Å². The Morgan fingerprint density at radius 3 is 0.692 bits per heavy atom. The molecule has 0 aliphatic heterocycles. The molecular weight excluding hydrogens is 204 g/mol.